The number of nitrogens with zero attached hydrogens (tertiary/aromatic N) is 2. The maximum Gasteiger partial charge on any atom is 0.0445 e. The molecule has 1 aliphatic carbocycles. The van der Waals surface area contributed by atoms with Crippen LogP contribution in [0.5, 0.6) is 0 Å². The molecule has 0 radical (unpaired) electrons. The van der Waals surface area contributed by atoms with Crippen LogP contribution in [0.25, 0.3) is 0 Å². The summed E-state index contributed by atoms with van der Waals surface area (Å²) in [4.78, 5) is 6.76. The molecule has 1 fully saturated rings. The molecule has 18 heavy (non-hydrogen) atoms. The Hall–Kier alpha value is -1.09. The Kier molecular flexibility index (Phi) is 4.59. The summed E-state index contributed by atoms with van der Waals surface area (Å²) in [5.41, 5.74) is 2.67. The van der Waals surface area contributed by atoms with Crippen LogP contribution in [0.1, 0.15) is 45.6 Å². The summed E-state index contributed by atoms with van der Waals surface area (Å²) in [5.74, 6) is 0. The van der Waals surface area contributed by atoms with Gasteiger partial charge in [-0.3, -0.25) is 4.98 Å². The molecule has 1 aliphatic rings. The minimum Gasteiger partial charge on any atom is -0.369 e. The van der Waals surface area contributed by atoms with Gasteiger partial charge in [0.25, 0.3) is 0 Å². The molecular weight excluding hydrogens is 222 g/mol. The van der Waals surface area contributed by atoms with Crippen LogP contribution in [0.4, 0.5) is 5.69 Å². The van der Waals surface area contributed by atoms with Gasteiger partial charge < -0.3 is 10.2 Å². The lowest BCUT2D eigenvalue weighted by Gasteiger charge is -2.31. The molecular formula is C15H25N3. The second-order valence-electron chi connectivity index (χ2n) is 5.20. The Morgan fingerprint density at radius 1 is 1.44 bits per heavy atom. The number of rotatable bonds is 7. The highest BCUT2D eigenvalue weighted by Crippen LogP contribution is 2.24. The van der Waals surface area contributed by atoms with Crippen molar-refractivity contribution >= 4 is 5.69 Å². The number of hydrogen-bond donors (Lipinski definition) is 1. The molecule has 1 saturated carbocycles. The normalized spacial score (nSPS) is 16.6. The monoisotopic (exact) mass is 247 g/mol. The Morgan fingerprint density at radius 2 is 2.22 bits per heavy atom. The minimum absolute atomic E-state index is 0.581. The molecule has 1 aromatic rings. The third-order valence-electron chi connectivity index (χ3n) is 3.81. The first kappa shape index (κ1) is 13.3. The van der Waals surface area contributed by atoms with Crippen LogP contribution in [0.2, 0.25) is 0 Å². The van der Waals surface area contributed by atoms with Gasteiger partial charge in [0.1, 0.15) is 0 Å². The van der Waals surface area contributed by atoms with Crippen molar-refractivity contribution in [2.75, 3.05) is 11.4 Å². The van der Waals surface area contributed by atoms with E-state index in [9.17, 15) is 0 Å². The lowest BCUT2D eigenvalue weighted by Crippen LogP contribution is -2.33. The molecule has 2 rings (SSSR count). The first-order valence-electron chi connectivity index (χ1n) is 7.19. The molecule has 100 valence electrons. The maximum atomic E-state index is 4.28. The van der Waals surface area contributed by atoms with Crippen molar-refractivity contribution in [1.82, 2.24) is 10.3 Å². The van der Waals surface area contributed by atoms with Crippen molar-refractivity contribution in [3.05, 3.63) is 24.0 Å². The van der Waals surface area contributed by atoms with E-state index < -0.39 is 0 Å². The highest BCUT2D eigenvalue weighted by Gasteiger charge is 2.21. The molecule has 1 N–H and O–H groups in total. The summed E-state index contributed by atoms with van der Waals surface area (Å²) in [5, 5.41) is 3.58. The molecule has 1 aromatic heterocycles. The quantitative estimate of drug-likeness (QED) is 0.803. The molecule has 0 saturated heterocycles. The molecule has 3 heteroatoms. The van der Waals surface area contributed by atoms with Gasteiger partial charge in [-0.05, 0) is 39.2 Å². The van der Waals surface area contributed by atoms with E-state index in [4.69, 9.17) is 0 Å². The number of anilines is 1. The Labute approximate surface area is 111 Å². The number of pyridine rings is 1. The van der Waals surface area contributed by atoms with E-state index in [1.807, 2.05) is 12.4 Å². The van der Waals surface area contributed by atoms with Gasteiger partial charge in [-0.15, -0.1) is 0 Å². The Morgan fingerprint density at radius 3 is 2.83 bits per heavy atom. The summed E-state index contributed by atoms with van der Waals surface area (Å²) in [6.45, 7) is 8.76. The molecule has 0 aliphatic heterocycles. The van der Waals surface area contributed by atoms with Crippen molar-refractivity contribution in [1.29, 1.82) is 0 Å². The van der Waals surface area contributed by atoms with Crippen LogP contribution >= 0.6 is 0 Å². The van der Waals surface area contributed by atoms with Crippen LogP contribution in [0, 0.1) is 0 Å². The number of hydrogen-bond acceptors (Lipinski definition) is 3. The second-order valence-corrected chi connectivity index (χ2v) is 5.20. The summed E-state index contributed by atoms with van der Waals surface area (Å²) < 4.78 is 0. The first-order chi connectivity index (χ1) is 8.76. The van der Waals surface area contributed by atoms with Gasteiger partial charge in [0.15, 0.2) is 0 Å². The zero-order valence-electron chi connectivity index (χ0n) is 11.8. The molecule has 1 atom stereocenters. The molecule has 1 unspecified atom stereocenters. The Balaban J connectivity index is 2.12. The van der Waals surface area contributed by atoms with Crippen molar-refractivity contribution in [2.45, 2.75) is 58.7 Å². The molecule has 3 nitrogen and oxygen atoms in total. The van der Waals surface area contributed by atoms with Gasteiger partial charge in [0.05, 0.1) is 0 Å². The van der Waals surface area contributed by atoms with Crippen molar-refractivity contribution in [2.24, 2.45) is 0 Å². The highest BCUT2D eigenvalue weighted by molar-refractivity contribution is 5.53. The van der Waals surface area contributed by atoms with E-state index in [2.05, 4.69) is 42.0 Å². The summed E-state index contributed by atoms with van der Waals surface area (Å²) >= 11 is 0. The zero-order valence-corrected chi connectivity index (χ0v) is 11.8. The largest absolute Gasteiger partial charge is 0.369 e. The minimum atomic E-state index is 0.581. The highest BCUT2D eigenvalue weighted by atomic mass is 15.2. The molecule has 1 heterocycles. The second kappa shape index (κ2) is 6.19. The molecule has 0 amide bonds. The van der Waals surface area contributed by atoms with Crippen molar-refractivity contribution < 1.29 is 0 Å². The van der Waals surface area contributed by atoms with Crippen LogP contribution < -0.4 is 10.2 Å². The van der Waals surface area contributed by atoms with E-state index in [-0.39, 0.29) is 0 Å². The maximum absolute atomic E-state index is 4.28. The summed E-state index contributed by atoms with van der Waals surface area (Å²) in [6, 6.07) is 3.48. The van der Waals surface area contributed by atoms with Gasteiger partial charge in [-0.1, -0.05) is 6.92 Å². The van der Waals surface area contributed by atoms with E-state index >= 15 is 0 Å². The van der Waals surface area contributed by atoms with Crippen LogP contribution in [-0.4, -0.2) is 23.6 Å². The average molecular weight is 247 g/mol. The number of aromatic nitrogens is 1. The standard InChI is InChI=1S/C15H25N3/c1-4-12(3)18(5-2)15-8-9-16-10-13(15)11-17-14-6-7-14/h8-10,12,14,17H,4-7,11H2,1-3H3. The predicted octanol–water partition coefficient (Wildman–Crippen LogP) is 2.96. The van der Waals surface area contributed by atoms with E-state index in [0.717, 1.165) is 19.1 Å². The Bertz CT molecular complexity index is 374. The fourth-order valence-electron chi connectivity index (χ4n) is 2.32. The summed E-state index contributed by atoms with van der Waals surface area (Å²) in [7, 11) is 0. The summed E-state index contributed by atoms with van der Waals surface area (Å²) in [6.07, 6.45) is 7.75. The smallest absolute Gasteiger partial charge is 0.0445 e. The molecule has 0 bridgehead atoms. The van der Waals surface area contributed by atoms with Crippen LogP contribution in [-0.2, 0) is 6.54 Å². The lowest BCUT2D eigenvalue weighted by molar-refractivity contribution is 0.620. The van der Waals surface area contributed by atoms with Crippen molar-refractivity contribution in [3.63, 3.8) is 0 Å². The lowest BCUT2D eigenvalue weighted by atomic mass is 10.1. The van der Waals surface area contributed by atoms with Gasteiger partial charge in [0, 0.05) is 48.8 Å². The van der Waals surface area contributed by atoms with E-state index in [1.54, 1.807) is 0 Å². The van der Waals surface area contributed by atoms with Crippen LogP contribution in [0.3, 0.4) is 0 Å². The number of nitrogens with one attached hydrogen (secondary N) is 1. The van der Waals surface area contributed by atoms with E-state index in [1.165, 1.54) is 30.5 Å². The fraction of sp³-hybridized carbons (Fsp3) is 0.667. The van der Waals surface area contributed by atoms with Gasteiger partial charge >= 0.3 is 0 Å². The predicted molar refractivity (Wildman–Crippen MR) is 76.9 cm³/mol. The average Bonchev–Trinajstić information content (AvgIpc) is 3.22. The zero-order chi connectivity index (χ0) is 13.0. The fourth-order valence-corrected chi connectivity index (χ4v) is 2.32. The van der Waals surface area contributed by atoms with Gasteiger partial charge in [-0.25, -0.2) is 0 Å². The van der Waals surface area contributed by atoms with Gasteiger partial charge in [-0.2, -0.15) is 0 Å². The third-order valence-corrected chi connectivity index (χ3v) is 3.81. The first-order valence-corrected chi connectivity index (χ1v) is 7.19. The third kappa shape index (κ3) is 3.22. The SMILES string of the molecule is CCC(C)N(CC)c1ccncc1CNC1CC1. The molecule has 0 aromatic carbocycles. The molecule has 0 spiro atoms. The van der Waals surface area contributed by atoms with Crippen LogP contribution in [0.15, 0.2) is 18.5 Å². The van der Waals surface area contributed by atoms with E-state index in [0.29, 0.717) is 6.04 Å². The van der Waals surface area contributed by atoms with Crippen molar-refractivity contribution in [3.8, 4) is 0 Å². The topological polar surface area (TPSA) is 28.2 Å². The van der Waals surface area contributed by atoms with Gasteiger partial charge in [0.2, 0.25) is 0 Å².